The third-order valence-electron chi connectivity index (χ3n) is 14.3. The fourth-order valence-corrected chi connectivity index (χ4v) is 9.70. The minimum atomic E-state index is -1.95. The van der Waals surface area contributed by atoms with Gasteiger partial charge in [0.1, 0.15) is 73.0 Å². The Morgan fingerprint density at radius 3 is 2.08 bits per heavy atom. The van der Waals surface area contributed by atoms with Crippen LogP contribution >= 0.6 is 0 Å². The van der Waals surface area contributed by atoms with Crippen LogP contribution < -0.4 is 60.4 Å². The molecule has 0 saturated carbocycles. The lowest BCUT2D eigenvalue weighted by Crippen LogP contribution is -2.66. The molecule has 4 amide bonds. The Balaban J connectivity index is 1.55. The Kier molecular flexibility index (Phi) is 28.0. The van der Waals surface area contributed by atoms with Crippen molar-refractivity contribution in [3.8, 4) is 0 Å². The topological polar surface area (TPSA) is 514 Å². The molecule has 0 bridgehead atoms. The lowest BCUT2D eigenvalue weighted by Gasteiger charge is -2.34. The van der Waals surface area contributed by atoms with Crippen molar-refractivity contribution >= 4 is 47.7 Å². The van der Waals surface area contributed by atoms with Crippen molar-refractivity contribution in [2.75, 3.05) is 39.8 Å². The maximum Gasteiger partial charge on any atom is 0.330 e. The number of esters is 1. The zero-order valence-electron chi connectivity index (χ0n) is 47.3. The first-order valence-corrected chi connectivity index (χ1v) is 27.8. The van der Waals surface area contributed by atoms with E-state index >= 15 is 0 Å². The number of unbranched alkanes of at least 4 members (excludes halogenated alkanes) is 7. The molecule has 4 rings (SSSR count). The van der Waals surface area contributed by atoms with Gasteiger partial charge in [0, 0.05) is 52.0 Å². The molecule has 0 aliphatic carbocycles. The molecule has 83 heavy (non-hydrogen) atoms. The van der Waals surface area contributed by atoms with Crippen LogP contribution in [0.2, 0.25) is 0 Å². The first-order valence-electron chi connectivity index (χ1n) is 27.8. The van der Waals surface area contributed by atoms with Crippen molar-refractivity contribution in [1.82, 2.24) is 46.5 Å². The number of aromatic amines is 1. The zero-order valence-corrected chi connectivity index (χ0v) is 47.3. The Morgan fingerprint density at radius 1 is 0.855 bits per heavy atom. The molecule has 1 aromatic rings. The largest absolute Gasteiger partial charge is 0.480 e. The zero-order chi connectivity index (χ0) is 61.7. The highest BCUT2D eigenvalue weighted by atomic mass is 16.7. The van der Waals surface area contributed by atoms with Crippen LogP contribution in [0.4, 0.5) is 4.79 Å². The molecule has 3 aliphatic rings. The standard InChI is InChI=1S/C50H86N14O19/c1-24(2)30(44(72)73)61-49(76)62-31(26-16-20-57-48(54)58-26)42(71)60-32(37(25(3)4)81-29(66)15-12-10-8-6-7-9-11-13-21-64(78)47(52)53)41(70)56-19-14-18-55-33(45(74)75)38(83-46-40(79-5)34(67)27(23-51)80-46)39-35(68)36(69)43(82-39)63-22-17-28(65)59-50(63)77/h17,22,24-27,30-40,43,46,55,67-69,78H,6-16,18-21,23,51H2,1-5H3,(H3,52,53)(H,56,70)(H,60,71)(H,72,73)(H,74,75)(H3,54,57,58)(H,59,65,77)(H2,61,62,76). The fourth-order valence-electron chi connectivity index (χ4n) is 9.70. The summed E-state index contributed by atoms with van der Waals surface area (Å²) in [5.41, 5.74) is 15.2. The minimum absolute atomic E-state index is 0.0407. The number of nitrogens with zero attached hydrogens (tertiary/aromatic N) is 3. The number of guanidine groups is 2. The van der Waals surface area contributed by atoms with E-state index in [0.717, 1.165) is 48.9 Å². The lowest BCUT2D eigenvalue weighted by atomic mass is 9.96. The van der Waals surface area contributed by atoms with E-state index < -0.39 is 156 Å². The number of methoxy groups -OCH3 is 1. The van der Waals surface area contributed by atoms with E-state index in [2.05, 4.69) is 36.9 Å². The number of urea groups is 1. The summed E-state index contributed by atoms with van der Waals surface area (Å²) in [4.78, 5) is 112. The van der Waals surface area contributed by atoms with Crippen LogP contribution in [-0.4, -0.2) is 218 Å². The number of aliphatic hydroxyl groups excluding tert-OH is 3. The molecule has 15 atom stereocenters. The number of carboxylic acids is 2. The van der Waals surface area contributed by atoms with Crippen LogP contribution in [0.25, 0.3) is 0 Å². The first-order chi connectivity index (χ1) is 39.3. The molecule has 20 N–H and O–H groups in total. The first kappa shape index (κ1) is 68.9. The molecule has 2 saturated heterocycles. The molecule has 0 aromatic carbocycles. The summed E-state index contributed by atoms with van der Waals surface area (Å²) in [5, 5.41) is 87.1. The molecule has 33 nitrogen and oxygen atoms in total. The van der Waals surface area contributed by atoms with Gasteiger partial charge in [-0.25, -0.2) is 19.4 Å². The number of nitrogens with one attached hydrogen (secondary N) is 8. The minimum Gasteiger partial charge on any atom is -0.480 e. The average Bonchev–Trinajstić information content (AvgIpc) is 4.17. The third kappa shape index (κ3) is 20.3. The molecule has 33 heteroatoms. The highest BCUT2D eigenvalue weighted by Gasteiger charge is 2.54. The predicted octanol–water partition coefficient (Wildman–Crippen LogP) is -4.25. The van der Waals surface area contributed by atoms with Gasteiger partial charge >= 0.3 is 29.6 Å². The maximum atomic E-state index is 14.5. The summed E-state index contributed by atoms with van der Waals surface area (Å²) in [6.07, 6.45) is -8.52. The van der Waals surface area contributed by atoms with Crippen LogP contribution in [0.15, 0.2) is 26.8 Å². The number of aromatic nitrogens is 2. The summed E-state index contributed by atoms with van der Waals surface area (Å²) in [7, 11) is 1.22. The van der Waals surface area contributed by atoms with Crippen LogP contribution in [0.1, 0.15) is 105 Å². The molecule has 4 heterocycles. The van der Waals surface area contributed by atoms with E-state index in [1.165, 1.54) is 7.11 Å². The Bertz CT molecular complexity index is 2450. The Labute approximate surface area is 478 Å². The Hall–Kier alpha value is -6.56. The van der Waals surface area contributed by atoms with Crippen molar-refractivity contribution in [2.24, 2.45) is 34.0 Å². The van der Waals surface area contributed by atoms with E-state index in [1.54, 1.807) is 27.7 Å². The normalized spacial score (nSPS) is 24.5. The molecule has 3 aliphatic heterocycles. The number of hydrogen-bond acceptors (Lipinski definition) is 23. The summed E-state index contributed by atoms with van der Waals surface area (Å²) in [6.45, 7) is 6.10. The van der Waals surface area contributed by atoms with Gasteiger partial charge in [-0.1, -0.05) is 66.2 Å². The molecule has 1 aromatic heterocycles. The number of amides is 4. The number of aliphatic imine (C=N–C) groups is 1. The average molecular weight is 1190 g/mol. The molecular weight excluding hydrogens is 1100 g/mol. The van der Waals surface area contributed by atoms with Gasteiger partial charge in [0.05, 0.1) is 6.04 Å². The second-order valence-corrected chi connectivity index (χ2v) is 21.2. The maximum absolute atomic E-state index is 14.5. The number of carbonyl (C=O) groups is 6. The third-order valence-corrected chi connectivity index (χ3v) is 14.3. The van der Waals surface area contributed by atoms with E-state index in [-0.39, 0.29) is 57.9 Å². The highest BCUT2D eigenvalue weighted by Crippen LogP contribution is 2.35. The predicted molar refractivity (Wildman–Crippen MR) is 292 cm³/mol. The number of hydroxylamine groups is 2. The van der Waals surface area contributed by atoms with Gasteiger partial charge in [-0.2, -0.15) is 0 Å². The monoisotopic (exact) mass is 1190 g/mol. The van der Waals surface area contributed by atoms with E-state index in [0.29, 0.717) is 24.3 Å². The van der Waals surface area contributed by atoms with Crippen LogP contribution in [0.3, 0.4) is 0 Å². The van der Waals surface area contributed by atoms with Gasteiger partial charge in [0.2, 0.25) is 17.8 Å². The summed E-state index contributed by atoms with van der Waals surface area (Å²) < 4.78 is 30.0. The number of H-pyrrole nitrogens is 1. The van der Waals surface area contributed by atoms with Gasteiger partial charge in [-0.15, -0.1) is 0 Å². The van der Waals surface area contributed by atoms with Crippen LogP contribution in [0.5, 0.6) is 0 Å². The van der Waals surface area contributed by atoms with Crippen LogP contribution in [0, 0.1) is 17.2 Å². The van der Waals surface area contributed by atoms with E-state index in [1.807, 2.05) is 4.98 Å². The fraction of sp³-hybridized carbons (Fsp3) is 0.760. The second kappa shape index (κ2) is 33.7. The lowest BCUT2D eigenvalue weighted by molar-refractivity contribution is -0.231. The van der Waals surface area contributed by atoms with Gasteiger partial charge < -0.3 is 98.3 Å². The molecule has 15 unspecified atom stereocenters. The number of nitrogens with two attached hydrogens (primary N) is 3. The van der Waals surface area contributed by atoms with E-state index in [4.69, 9.17) is 46.3 Å². The number of ether oxygens (including phenoxy) is 5. The number of rotatable bonds is 35. The summed E-state index contributed by atoms with van der Waals surface area (Å²) in [5.74, 6) is -7.13. The van der Waals surface area contributed by atoms with Crippen molar-refractivity contribution in [3.05, 3.63) is 33.1 Å². The van der Waals surface area contributed by atoms with Gasteiger partial charge in [0.15, 0.2) is 18.5 Å². The van der Waals surface area contributed by atoms with E-state index in [9.17, 15) is 69.1 Å². The van der Waals surface area contributed by atoms with Gasteiger partial charge in [0.25, 0.3) is 5.56 Å². The summed E-state index contributed by atoms with van der Waals surface area (Å²) >= 11 is 0. The number of carboxylic acid groups (broad SMARTS) is 2. The number of aliphatic hydroxyl groups is 3. The smallest absolute Gasteiger partial charge is 0.330 e. The number of carbonyl (C=O) groups excluding carboxylic acids is 4. The molecule has 2 fully saturated rings. The van der Waals surface area contributed by atoms with Crippen molar-refractivity contribution in [3.63, 3.8) is 0 Å². The highest BCUT2D eigenvalue weighted by molar-refractivity contribution is 5.94. The molecule has 0 spiro atoms. The van der Waals surface area contributed by atoms with Crippen molar-refractivity contribution in [2.45, 2.75) is 190 Å². The number of aliphatic carboxylic acids is 2. The van der Waals surface area contributed by atoms with Crippen molar-refractivity contribution < 1.29 is 83.2 Å². The van der Waals surface area contributed by atoms with Crippen molar-refractivity contribution in [1.29, 1.82) is 5.41 Å². The van der Waals surface area contributed by atoms with Crippen LogP contribution in [-0.2, 0) is 47.7 Å². The Morgan fingerprint density at radius 2 is 1.51 bits per heavy atom. The molecule has 0 radical (unpaired) electrons. The summed E-state index contributed by atoms with van der Waals surface area (Å²) in [6, 6.07) is -7.41. The van der Waals surface area contributed by atoms with Gasteiger partial charge in [-0.05, 0) is 44.1 Å². The quantitative estimate of drug-likeness (QED) is 0.0101. The number of hydrogen-bond donors (Lipinski definition) is 17. The molecule has 470 valence electrons. The SMILES string of the molecule is COC1C(OC(C(NCCCNC(=O)C(NC(=O)C(NC(=O)NC(C(=O)O)C(C)C)C2CCN=C(N)N2)C(OC(=O)CCCCCCCCCCN(O)C(=N)N)C(C)C)C(=O)O)C2OC(n3ccc(=O)[nH]c3=O)C(O)C2O)OC(CN)C1O. The van der Waals surface area contributed by atoms with Gasteiger partial charge in [-0.3, -0.25) is 49.1 Å². The second-order valence-electron chi connectivity index (χ2n) is 21.2. The molecular formula is C50H86N14O19.